The summed E-state index contributed by atoms with van der Waals surface area (Å²) in [5, 5.41) is 3.13. The van der Waals surface area contributed by atoms with E-state index in [4.69, 9.17) is 9.47 Å². The maximum atomic E-state index is 5.82. The van der Waals surface area contributed by atoms with Gasteiger partial charge in [0.25, 0.3) is 0 Å². The molecule has 2 aromatic carbocycles. The van der Waals surface area contributed by atoms with Gasteiger partial charge in [0.05, 0.1) is 7.11 Å². The third-order valence-electron chi connectivity index (χ3n) is 3.13. The smallest absolute Gasteiger partial charge is 0.125 e. The monoisotopic (exact) mass is 271 g/mol. The lowest BCUT2D eigenvalue weighted by Gasteiger charge is -2.11. The van der Waals surface area contributed by atoms with Crippen molar-refractivity contribution >= 4 is 0 Å². The lowest BCUT2D eigenvalue weighted by molar-refractivity contribution is 0.296. The number of methoxy groups -OCH3 is 1. The van der Waals surface area contributed by atoms with Crippen molar-refractivity contribution in [3.8, 4) is 11.5 Å². The minimum absolute atomic E-state index is 0.510. The summed E-state index contributed by atoms with van der Waals surface area (Å²) in [4.78, 5) is 0. The molecule has 2 rings (SSSR count). The molecule has 0 aromatic heterocycles. The van der Waals surface area contributed by atoms with Crippen molar-refractivity contribution in [2.45, 2.75) is 20.1 Å². The highest BCUT2D eigenvalue weighted by atomic mass is 16.5. The predicted molar refractivity (Wildman–Crippen MR) is 81.3 cm³/mol. The minimum atomic E-state index is 0.510. The zero-order chi connectivity index (χ0) is 14.4. The molecule has 2 aromatic rings. The van der Waals surface area contributed by atoms with Crippen LogP contribution in [0.5, 0.6) is 11.5 Å². The summed E-state index contributed by atoms with van der Waals surface area (Å²) >= 11 is 0. The van der Waals surface area contributed by atoms with Gasteiger partial charge in [-0.1, -0.05) is 23.8 Å². The van der Waals surface area contributed by atoms with Crippen molar-refractivity contribution in [1.82, 2.24) is 5.32 Å². The topological polar surface area (TPSA) is 30.5 Å². The van der Waals surface area contributed by atoms with Crippen LogP contribution in [-0.2, 0) is 13.2 Å². The van der Waals surface area contributed by atoms with Crippen LogP contribution in [0.3, 0.4) is 0 Å². The number of benzene rings is 2. The van der Waals surface area contributed by atoms with Gasteiger partial charge in [-0.15, -0.1) is 0 Å². The SMILES string of the molecule is CNCc1ccc(OCc2cc(C)ccc2OC)cc1. The van der Waals surface area contributed by atoms with E-state index in [0.29, 0.717) is 6.61 Å². The zero-order valence-corrected chi connectivity index (χ0v) is 12.3. The number of hydrogen-bond donors (Lipinski definition) is 1. The van der Waals surface area contributed by atoms with Crippen LogP contribution in [0.2, 0.25) is 0 Å². The van der Waals surface area contributed by atoms with Gasteiger partial charge in [-0.3, -0.25) is 0 Å². The molecule has 0 aliphatic rings. The van der Waals surface area contributed by atoms with Gasteiger partial charge in [0.2, 0.25) is 0 Å². The second-order valence-electron chi connectivity index (χ2n) is 4.78. The summed E-state index contributed by atoms with van der Waals surface area (Å²) in [5.74, 6) is 1.73. The summed E-state index contributed by atoms with van der Waals surface area (Å²) < 4.78 is 11.2. The highest BCUT2D eigenvalue weighted by Gasteiger charge is 2.04. The molecule has 20 heavy (non-hydrogen) atoms. The van der Waals surface area contributed by atoms with Crippen molar-refractivity contribution in [3.63, 3.8) is 0 Å². The molecule has 3 heteroatoms. The molecule has 0 fully saturated rings. The number of hydrogen-bond acceptors (Lipinski definition) is 3. The van der Waals surface area contributed by atoms with E-state index in [1.165, 1.54) is 11.1 Å². The molecule has 1 N–H and O–H groups in total. The zero-order valence-electron chi connectivity index (χ0n) is 12.3. The van der Waals surface area contributed by atoms with Crippen LogP contribution in [0, 0.1) is 6.92 Å². The van der Waals surface area contributed by atoms with Gasteiger partial charge < -0.3 is 14.8 Å². The van der Waals surface area contributed by atoms with Crippen molar-refractivity contribution < 1.29 is 9.47 Å². The second-order valence-corrected chi connectivity index (χ2v) is 4.78. The van der Waals surface area contributed by atoms with Gasteiger partial charge in [-0.2, -0.15) is 0 Å². The fourth-order valence-electron chi connectivity index (χ4n) is 2.09. The summed E-state index contributed by atoms with van der Waals surface area (Å²) in [6.07, 6.45) is 0. The third-order valence-corrected chi connectivity index (χ3v) is 3.13. The number of ether oxygens (including phenoxy) is 2. The van der Waals surface area contributed by atoms with Crippen LogP contribution in [0.15, 0.2) is 42.5 Å². The van der Waals surface area contributed by atoms with E-state index < -0.39 is 0 Å². The molecule has 0 atom stereocenters. The molecule has 0 radical (unpaired) electrons. The number of rotatable bonds is 6. The molecule has 0 amide bonds. The minimum Gasteiger partial charge on any atom is -0.496 e. The fraction of sp³-hybridized carbons (Fsp3) is 0.294. The van der Waals surface area contributed by atoms with Gasteiger partial charge in [0, 0.05) is 12.1 Å². The largest absolute Gasteiger partial charge is 0.496 e. The Bertz CT molecular complexity index is 549. The van der Waals surface area contributed by atoms with E-state index in [0.717, 1.165) is 23.6 Å². The summed E-state index contributed by atoms with van der Waals surface area (Å²) in [5.41, 5.74) is 3.51. The number of nitrogens with one attached hydrogen (secondary N) is 1. The van der Waals surface area contributed by atoms with Crippen LogP contribution in [0.1, 0.15) is 16.7 Å². The van der Waals surface area contributed by atoms with Gasteiger partial charge in [-0.05, 0) is 43.8 Å². The Balaban J connectivity index is 2.02. The van der Waals surface area contributed by atoms with E-state index in [1.54, 1.807) is 7.11 Å². The molecule has 3 nitrogen and oxygen atoms in total. The first-order valence-corrected chi connectivity index (χ1v) is 6.73. The van der Waals surface area contributed by atoms with E-state index in [9.17, 15) is 0 Å². The van der Waals surface area contributed by atoms with E-state index in [1.807, 2.05) is 31.3 Å². The second kappa shape index (κ2) is 6.96. The molecule has 0 saturated heterocycles. The Kier molecular flexibility index (Phi) is 5.02. The molecule has 0 unspecified atom stereocenters. The molecule has 0 bridgehead atoms. The molecule has 0 aliphatic heterocycles. The van der Waals surface area contributed by atoms with Crippen LogP contribution < -0.4 is 14.8 Å². The number of aryl methyl sites for hydroxylation is 1. The highest BCUT2D eigenvalue weighted by Crippen LogP contribution is 2.22. The van der Waals surface area contributed by atoms with E-state index in [2.05, 4.69) is 30.4 Å². The first-order valence-electron chi connectivity index (χ1n) is 6.73. The Labute approximate surface area is 120 Å². The van der Waals surface area contributed by atoms with Crippen molar-refractivity contribution in [2.24, 2.45) is 0 Å². The molecule has 0 saturated carbocycles. The fourth-order valence-corrected chi connectivity index (χ4v) is 2.09. The first kappa shape index (κ1) is 14.4. The summed E-state index contributed by atoms with van der Waals surface area (Å²) in [6.45, 7) is 3.44. The average Bonchev–Trinajstić information content (AvgIpc) is 2.47. The first-order chi connectivity index (χ1) is 9.72. The normalized spacial score (nSPS) is 10.3. The van der Waals surface area contributed by atoms with Crippen LogP contribution in [0.4, 0.5) is 0 Å². The molecular weight excluding hydrogens is 250 g/mol. The van der Waals surface area contributed by atoms with Gasteiger partial charge >= 0.3 is 0 Å². The Morgan fingerprint density at radius 2 is 1.80 bits per heavy atom. The van der Waals surface area contributed by atoms with Crippen molar-refractivity contribution in [1.29, 1.82) is 0 Å². The molecule has 0 heterocycles. The Hall–Kier alpha value is -2.00. The Morgan fingerprint density at radius 1 is 1.05 bits per heavy atom. The predicted octanol–water partition coefficient (Wildman–Crippen LogP) is 3.30. The van der Waals surface area contributed by atoms with Gasteiger partial charge in [0.15, 0.2) is 0 Å². The lowest BCUT2D eigenvalue weighted by Crippen LogP contribution is -2.04. The van der Waals surface area contributed by atoms with Crippen LogP contribution in [0.25, 0.3) is 0 Å². The molecule has 106 valence electrons. The average molecular weight is 271 g/mol. The maximum absolute atomic E-state index is 5.82. The highest BCUT2D eigenvalue weighted by molar-refractivity contribution is 5.37. The van der Waals surface area contributed by atoms with Gasteiger partial charge in [-0.25, -0.2) is 0 Å². The van der Waals surface area contributed by atoms with Crippen LogP contribution >= 0.6 is 0 Å². The molecule has 0 spiro atoms. The third kappa shape index (κ3) is 3.75. The summed E-state index contributed by atoms with van der Waals surface area (Å²) in [7, 11) is 3.62. The quantitative estimate of drug-likeness (QED) is 0.874. The molecular formula is C17H21NO2. The van der Waals surface area contributed by atoms with Gasteiger partial charge in [0.1, 0.15) is 18.1 Å². The summed E-state index contributed by atoms with van der Waals surface area (Å²) in [6, 6.07) is 14.2. The maximum Gasteiger partial charge on any atom is 0.125 e. The lowest BCUT2D eigenvalue weighted by atomic mass is 10.1. The molecule has 0 aliphatic carbocycles. The Morgan fingerprint density at radius 3 is 2.45 bits per heavy atom. The van der Waals surface area contributed by atoms with Crippen LogP contribution in [-0.4, -0.2) is 14.2 Å². The van der Waals surface area contributed by atoms with E-state index in [-0.39, 0.29) is 0 Å². The standard InChI is InChI=1S/C17H21NO2/c1-13-4-9-17(19-3)15(10-13)12-20-16-7-5-14(6-8-16)11-18-2/h4-10,18H,11-12H2,1-3H3. The van der Waals surface area contributed by atoms with Crippen molar-refractivity contribution in [2.75, 3.05) is 14.2 Å². The van der Waals surface area contributed by atoms with Crippen molar-refractivity contribution in [3.05, 3.63) is 59.2 Å². The van der Waals surface area contributed by atoms with E-state index >= 15 is 0 Å².